The van der Waals surface area contributed by atoms with E-state index < -0.39 is 4.92 Å². The van der Waals surface area contributed by atoms with Gasteiger partial charge in [-0.05, 0) is 13.0 Å². The third kappa shape index (κ3) is 2.75. The summed E-state index contributed by atoms with van der Waals surface area (Å²) >= 11 is 5.75. The first-order valence-corrected chi connectivity index (χ1v) is 5.30. The lowest BCUT2D eigenvalue weighted by molar-refractivity contribution is -0.386. The summed E-state index contributed by atoms with van der Waals surface area (Å²) in [5.41, 5.74) is -0.171. The molecule has 0 atom stereocenters. The molecule has 0 radical (unpaired) electrons. The summed E-state index contributed by atoms with van der Waals surface area (Å²) in [4.78, 5) is 14.1. The summed E-state index contributed by atoms with van der Waals surface area (Å²) in [5, 5.41) is 14.7. The van der Waals surface area contributed by atoms with E-state index in [1.165, 1.54) is 18.2 Å². The first-order chi connectivity index (χ1) is 8.56. The van der Waals surface area contributed by atoms with Crippen LogP contribution in [0.15, 0.2) is 22.7 Å². The minimum atomic E-state index is -0.551. The van der Waals surface area contributed by atoms with E-state index in [0.29, 0.717) is 10.8 Å². The first kappa shape index (κ1) is 12.3. The number of hydrogen-bond acceptors (Lipinski definition) is 6. The van der Waals surface area contributed by atoms with Crippen molar-refractivity contribution in [1.82, 2.24) is 10.1 Å². The largest absolute Gasteiger partial charge is 0.477 e. The number of rotatable bonds is 4. The zero-order chi connectivity index (χ0) is 13.1. The Balaban J connectivity index is 2.17. The van der Waals surface area contributed by atoms with Gasteiger partial charge in [0, 0.05) is 17.2 Å². The summed E-state index contributed by atoms with van der Waals surface area (Å²) < 4.78 is 10.1. The Hall–Kier alpha value is -2.15. The number of benzene rings is 1. The maximum Gasteiger partial charge on any atom is 0.311 e. The number of aromatic nitrogens is 2. The highest BCUT2D eigenvalue weighted by atomic mass is 35.5. The number of nitro groups is 1. The van der Waals surface area contributed by atoms with Crippen LogP contribution in [0.1, 0.15) is 11.7 Å². The third-order valence-corrected chi connectivity index (χ3v) is 2.27. The zero-order valence-corrected chi connectivity index (χ0v) is 10.0. The number of nitro benzene ring substituents is 1. The minimum Gasteiger partial charge on any atom is -0.477 e. The van der Waals surface area contributed by atoms with E-state index in [0.717, 1.165) is 0 Å². The van der Waals surface area contributed by atoms with Gasteiger partial charge in [-0.15, -0.1) is 0 Å². The zero-order valence-electron chi connectivity index (χ0n) is 9.29. The molecular formula is C10H8ClN3O4. The Kier molecular flexibility index (Phi) is 3.42. The molecule has 18 heavy (non-hydrogen) atoms. The molecule has 0 spiro atoms. The number of halogens is 1. The molecule has 0 amide bonds. The summed E-state index contributed by atoms with van der Waals surface area (Å²) in [6.45, 7) is 1.61. The van der Waals surface area contributed by atoms with Crippen molar-refractivity contribution in [2.24, 2.45) is 0 Å². The van der Waals surface area contributed by atoms with Gasteiger partial charge in [0.05, 0.1) is 4.92 Å². The van der Waals surface area contributed by atoms with E-state index in [2.05, 4.69) is 10.1 Å². The average molecular weight is 270 g/mol. The van der Waals surface area contributed by atoms with Crippen LogP contribution in [0.5, 0.6) is 5.75 Å². The van der Waals surface area contributed by atoms with E-state index in [9.17, 15) is 10.1 Å². The van der Waals surface area contributed by atoms with E-state index in [1.54, 1.807) is 6.92 Å². The molecule has 0 bridgehead atoms. The van der Waals surface area contributed by atoms with Gasteiger partial charge in [-0.2, -0.15) is 4.98 Å². The van der Waals surface area contributed by atoms with Crippen LogP contribution in [0.2, 0.25) is 5.02 Å². The lowest BCUT2D eigenvalue weighted by Gasteiger charge is -2.04. The second kappa shape index (κ2) is 5.01. The monoisotopic (exact) mass is 269 g/mol. The number of nitrogens with zero attached hydrogens (tertiary/aromatic N) is 3. The highest BCUT2D eigenvalue weighted by Gasteiger charge is 2.16. The maximum atomic E-state index is 10.8. The second-order valence-corrected chi connectivity index (χ2v) is 3.83. The van der Waals surface area contributed by atoms with Gasteiger partial charge < -0.3 is 9.26 Å². The summed E-state index contributed by atoms with van der Waals surface area (Å²) in [7, 11) is 0. The van der Waals surface area contributed by atoms with Crippen LogP contribution in [0.4, 0.5) is 5.69 Å². The van der Waals surface area contributed by atoms with Gasteiger partial charge in [0.1, 0.15) is 0 Å². The van der Waals surface area contributed by atoms with Crippen molar-refractivity contribution >= 4 is 17.3 Å². The molecule has 7 nitrogen and oxygen atoms in total. The van der Waals surface area contributed by atoms with Crippen molar-refractivity contribution in [3.63, 3.8) is 0 Å². The van der Waals surface area contributed by atoms with E-state index in [4.69, 9.17) is 20.9 Å². The van der Waals surface area contributed by atoms with Crippen LogP contribution in [-0.2, 0) is 6.61 Å². The van der Waals surface area contributed by atoms with Gasteiger partial charge in [0.15, 0.2) is 18.2 Å². The van der Waals surface area contributed by atoms with Crippen LogP contribution in [0.25, 0.3) is 0 Å². The molecule has 1 aromatic heterocycles. The molecule has 0 unspecified atom stereocenters. The highest BCUT2D eigenvalue weighted by Crippen LogP contribution is 2.30. The smallest absolute Gasteiger partial charge is 0.311 e. The van der Waals surface area contributed by atoms with Crippen LogP contribution in [-0.4, -0.2) is 15.1 Å². The Bertz CT molecular complexity index is 584. The molecular weight excluding hydrogens is 262 g/mol. The lowest BCUT2D eigenvalue weighted by Crippen LogP contribution is -1.99. The van der Waals surface area contributed by atoms with Crippen LogP contribution >= 0.6 is 11.6 Å². The molecule has 2 aromatic rings. The predicted octanol–water partition coefficient (Wildman–Crippen LogP) is 2.52. The van der Waals surface area contributed by atoms with Crippen LogP contribution in [0.3, 0.4) is 0 Å². The Labute approximate surface area is 106 Å². The standard InChI is InChI=1S/C10H8ClN3O4/c1-6-12-10(18-13-6)5-17-9-4-7(11)2-3-8(9)14(15)16/h2-4H,5H2,1H3. The topological polar surface area (TPSA) is 91.3 Å². The first-order valence-electron chi connectivity index (χ1n) is 4.92. The summed E-state index contributed by atoms with van der Waals surface area (Å²) in [6.07, 6.45) is 0. The van der Waals surface area contributed by atoms with Gasteiger partial charge in [0.25, 0.3) is 5.89 Å². The van der Waals surface area contributed by atoms with E-state index in [-0.39, 0.29) is 23.9 Å². The minimum absolute atomic E-state index is 0.0535. The van der Waals surface area contributed by atoms with Crippen molar-refractivity contribution in [2.75, 3.05) is 0 Å². The molecule has 0 aliphatic rings. The number of hydrogen-bond donors (Lipinski definition) is 0. The fourth-order valence-corrected chi connectivity index (χ4v) is 1.45. The Morgan fingerprint density at radius 2 is 2.33 bits per heavy atom. The highest BCUT2D eigenvalue weighted by molar-refractivity contribution is 6.30. The second-order valence-electron chi connectivity index (χ2n) is 3.39. The van der Waals surface area contributed by atoms with Gasteiger partial charge in [-0.25, -0.2) is 0 Å². The van der Waals surface area contributed by atoms with Crippen molar-refractivity contribution in [3.8, 4) is 5.75 Å². The SMILES string of the molecule is Cc1noc(COc2cc(Cl)ccc2[N+](=O)[O-])n1. The molecule has 0 saturated carbocycles. The van der Waals surface area contributed by atoms with Gasteiger partial charge in [-0.1, -0.05) is 16.8 Å². The van der Waals surface area contributed by atoms with Crippen molar-refractivity contribution in [1.29, 1.82) is 0 Å². The molecule has 0 N–H and O–H groups in total. The van der Waals surface area contributed by atoms with Crippen LogP contribution < -0.4 is 4.74 Å². The summed E-state index contributed by atoms with van der Waals surface area (Å²) in [6, 6.07) is 4.06. The molecule has 0 aliphatic carbocycles. The molecule has 2 rings (SSSR count). The van der Waals surface area contributed by atoms with Gasteiger partial charge in [0.2, 0.25) is 0 Å². The van der Waals surface area contributed by atoms with Crippen molar-refractivity contribution < 1.29 is 14.2 Å². The van der Waals surface area contributed by atoms with E-state index >= 15 is 0 Å². The lowest BCUT2D eigenvalue weighted by atomic mass is 10.3. The van der Waals surface area contributed by atoms with Gasteiger partial charge >= 0.3 is 5.69 Å². The third-order valence-electron chi connectivity index (χ3n) is 2.04. The molecule has 1 aromatic carbocycles. The fraction of sp³-hybridized carbons (Fsp3) is 0.200. The fourth-order valence-electron chi connectivity index (χ4n) is 1.29. The van der Waals surface area contributed by atoms with Crippen molar-refractivity contribution in [2.45, 2.75) is 13.5 Å². The quantitative estimate of drug-likeness (QED) is 0.625. The Morgan fingerprint density at radius 3 is 2.94 bits per heavy atom. The molecule has 94 valence electrons. The molecule has 0 aliphatic heterocycles. The molecule has 0 saturated heterocycles. The molecule has 1 heterocycles. The maximum absolute atomic E-state index is 10.8. The molecule has 0 fully saturated rings. The number of ether oxygens (including phenoxy) is 1. The summed E-state index contributed by atoms with van der Waals surface area (Å²) in [5.74, 6) is 0.763. The van der Waals surface area contributed by atoms with Crippen LogP contribution in [0, 0.1) is 17.0 Å². The van der Waals surface area contributed by atoms with Gasteiger partial charge in [-0.3, -0.25) is 10.1 Å². The normalized spacial score (nSPS) is 10.3. The van der Waals surface area contributed by atoms with E-state index in [1.807, 2.05) is 0 Å². The predicted molar refractivity (Wildman–Crippen MR) is 61.5 cm³/mol. The van der Waals surface area contributed by atoms with Crippen molar-refractivity contribution in [3.05, 3.63) is 45.1 Å². The average Bonchev–Trinajstić information content (AvgIpc) is 2.72. The number of aryl methyl sites for hydroxylation is 1. The molecule has 8 heteroatoms. The Morgan fingerprint density at radius 1 is 1.56 bits per heavy atom.